The average Bonchev–Trinajstić information content (AvgIpc) is 2.92. The number of amides is 3. The summed E-state index contributed by atoms with van der Waals surface area (Å²) in [4.78, 5) is 49.2. The van der Waals surface area contributed by atoms with Crippen molar-refractivity contribution in [3.8, 4) is 11.8 Å². The summed E-state index contributed by atoms with van der Waals surface area (Å²) in [5.74, 6) is 0.810. The molecule has 1 aliphatic carbocycles. The van der Waals surface area contributed by atoms with Crippen molar-refractivity contribution in [2.45, 2.75) is 44.4 Å². The fourth-order valence-corrected chi connectivity index (χ4v) is 4.78. The number of carbonyl (C=O) groups excluding carboxylic acids is 3. The molecule has 2 fully saturated rings. The van der Waals surface area contributed by atoms with Crippen LogP contribution in [0.15, 0.2) is 18.3 Å². The summed E-state index contributed by atoms with van der Waals surface area (Å²) in [6.07, 6.45) is 4.87. The Morgan fingerprint density at radius 1 is 1.32 bits per heavy atom. The smallest absolute Gasteiger partial charge is 0.328 e. The van der Waals surface area contributed by atoms with E-state index in [1.807, 2.05) is 6.07 Å². The quantitative estimate of drug-likeness (QED) is 0.542. The van der Waals surface area contributed by atoms with Gasteiger partial charge in [0.1, 0.15) is 47.4 Å². The van der Waals surface area contributed by atoms with Crippen LogP contribution < -0.4 is 15.0 Å². The predicted molar refractivity (Wildman–Crippen MR) is 134 cm³/mol. The zero-order valence-corrected chi connectivity index (χ0v) is 21.0. The molecule has 1 N–H and O–H groups in total. The zero-order valence-electron chi connectivity index (χ0n) is 21.0. The van der Waals surface area contributed by atoms with E-state index in [9.17, 15) is 19.6 Å². The minimum Gasteiger partial charge on any atom is -0.486 e. The van der Waals surface area contributed by atoms with Gasteiger partial charge in [0, 0.05) is 38.4 Å². The van der Waals surface area contributed by atoms with E-state index in [1.165, 1.54) is 17.2 Å². The third-order valence-electron chi connectivity index (χ3n) is 7.03. The SMILES string of the molecule is COC1CCC1Oc1cc(NC(=O)N2CCCc3cc(CN4CCOCC4=O)c(C=O)nc32)ncc1C#N. The zero-order chi connectivity index (χ0) is 26.6. The standard InChI is InChI=1S/C26H28N6O6/c1-36-20-4-5-21(20)38-22-10-23(28-12-18(22)11-27)30-26(35)32-6-2-3-16-9-17(19(14-33)29-25(16)32)13-31-7-8-37-15-24(31)34/h9-10,12,14,20-21H,2-8,13,15H2,1H3,(H,28,30,35). The van der Waals surface area contributed by atoms with Crippen LogP contribution >= 0.6 is 0 Å². The fourth-order valence-electron chi connectivity index (χ4n) is 4.78. The number of ether oxygens (including phenoxy) is 3. The Hall–Kier alpha value is -4.08. The number of nitrogens with one attached hydrogen (secondary N) is 1. The Kier molecular flexibility index (Phi) is 7.48. The summed E-state index contributed by atoms with van der Waals surface area (Å²) in [6, 6.07) is 4.98. The van der Waals surface area contributed by atoms with Crippen LogP contribution in [0.25, 0.3) is 0 Å². The van der Waals surface area contributed by atoms with Gasteiger partial charge in [-0.15, -0.1) is 0 Å². The Balaban J connectivity index is 1.34. The first-order chi connectivity index (χ1) is 18.5. The number of nitrogens with zero attached hydrogens (tertiary/aromatic N) is 5. The summed E-state index contributed by atoms with van der Waals surface area (Å²) >= 11 is 0. The van der Waals surface area contributed by atoms with E-state index in [4.69, 9.17) is 14.2 Å². The molecule has 5 rings (SSSR count). The Morgan fingerprint density at radius 3 is 2.87 bits per heavy atom. The lowest BCUT2D eigenvalue weighted by Gasteiger charge is -2.35. The summed E-state index contributed by atoms with van der Waals surface area (Å²) in [5, 5.41) is 12.2. The van der Waals surface area contributed by atoms with E-state index in [2.05, 4.69) is 21.4 Å². The third kappa shape index (κ3) is 5.16. The molecule has 0 spiro atoms. The molecule has 1 saturated carbocycles. The first-order valence-corrected chi connectivity index (χ1v) is 12.5. The van der Waals surface area contributed by atoms with Crippen LogP contribution in [0.3, 0.4) is 0 Å². The van der Waals surface area contributed by atoms with Gasteiger partial charge in [0.2, 0.25) is 5.91 Å². The highest BCUT2D eigenvalue weighted by Gasteiger charge is 2.34. The summed E-state index contributed by atoms with van der Waals surface area (Å²) in [7, 11) is 1.62. The Bertz CT molecular complexity index is 1290. The third-order valence-corrected chi connectivity index (χ3v) is 7.03. The van der Waals surface area contributed by atoms with Gasteiger partial charge in [-0.05, 0) is 37.3 Å². The van der Waals surface area contributed by atoms with E-state index in [-0.39, 0.29) is 48.3 Å². The van der Waals surface area contributed by atoms with Crippen molar-refractivity contribution in [3.05, 3.63) is 40.7 Å². The van der Waals surface area contributed by atoms with Crippen LogP contribution in [0, 0.1) is 11.3 Å². The normalized spacial score (nSPS) is 20.7. The lowest BCUT2D eigenvalue weighted by Crippen LogP contribution is -2.43. The molecule has 2 unspecified atom stereocenters. The van der Waals surface area contributed by atoms with Crippen molar-refractivity contribution in [1.82, 2.24) is 14.9 Å². The van der Waals surface area contributed by atoms with Crippen molar-refractivity contribution in [2.75, 3.05) is 43.6 Å². The number of hydrogen-bond donors (Lipinski definition) is 1. The highest BCUT2D eigenvalue weighted by molar-refractivity contribution is 6.01. The predicted octanol–water partition coefficient (Wildman–Crippen LogP) is 2.06. The van der Waals surface area contributed by atoms with Gasteiger partial charge >= 0.3 is 6.03 Å². The molecule has 38 heavy (non-hydrogen) atoms. The van der Waals surface area contributed by atoms with Crippen molar-refractivity contribution in [1.29, 1.82) is 5.26 Å². The maximum absolute atomic E-state index is 13.3. The van der Waals surface area contributed by atoms with E-state index in [1.54, 1.807) is 12.0 Å². The van der Waals surface area contributed by atoms with Crippen molar-refractivity contribution in [2.24, 2.45) is 0 Å². The Morgan fingerprint density at radius 2 is 2.16 bits per heavy atom. The summed E-state index contributed by atoms with van der Waals surface area (Å²) < 4.78 is 16.5. The number of methoxy groups -OCH3 is 1. The van der Waals surface area contributed by atoms with Crippen molar-refractivity contribution in [3.63, 3.8) is 0 Å². The summed E-state index contributed by atoms with van der Waals surface area (Å²) in [5.41, 5.74) is 1.90. The number of morpholine rings is 1. The number of aldehydes is 1. The second-order valence-electron chi connectivity index (χ2n) is 9.37. The van der Waals surface area contributed by atoms with Crippen LogP contribution in [0.4, 0.5) is 16.4 Å². The molecule has 4 heterocycles. The molecule has 1 saturated heterocycles. The first kappa shape index (κ1) is 25.6. The van der Waals surface area contributed by atoms with Gasteiger partial charge < -0.3 is 19.1 Å². The molecule has 0 radical (unpaired) electrons. The fraction of sp³-hybridized carbons (Fsp3) is 0.462. The number of urea groups is 1. The number of carbonyl (C=O) groups is 3. The molecular formula is C26H28N6O6. The van der Waals surface area contributed by atoms with Crippen LogP contribution in [-0.4, -0.2) is 78.7 Å². The van der Waals surface area contributed by atoms with E-state index in [0.29, 0.717) is 56.0 Å². The van der Waals surface area contributed by atoms with E-state index in [0.717, 1.165) is 18.4 Å². The number of nitriles is 1. The van der Waals surface area contributed by atoms with E-state index >= 15 is 0 Å². The number of hydrogen-bond acceptors (Lipinski definition) is 9. The van der Waals surface area contributed by atoms with Gasteiger partial charge in [-0.1, -0.05) is 0 Å². The number of aryl methyl sites for hydroxylation is 1. The topological polar surface area (TPSA) is 147 Å². The largest absolute Gasteiger partial charge is 0.486 e. The number of aromatic nitrogens is 2. The summed E-state index contributed by atoms with van der Waals surface area (Å²) in [6.45, 7) is 1.57. The lowest BCUT2D eigenvalue weighted by atomic mass is 9.92. The van der Waals surface area contributed by atoms with Gasteiger partial charge in [0.15, 0.2) is 6.29 Å². The van der Waals surface area contributed by atoms with E-state index < -0.39 is 6.03 Å². The molecule has 12 nitrogen and oxygen atoms in total. The highest BCUT2D eigenvalue weighted by atomic mass is 16.5. The minimum atomic E-state index is -0.465. The van der Waals surface area contributed by atoms with Crippen LogP contribution in [0.5, 0.6) is 5.75 Å². The molecule has 0 aromatic carbocycles. The van der Waals surface area contributed by atoms with Gasteiger partial charge in [0.25, 0.3) is 0 Å². The molecule has 2 aliphatic heterocycles. The minimum absolute atomic E-state index is 0.0203. The van der Waals surface area contributed by atoms with Gasteiger partial charge in [-0.25, -0.2) is 14.8 Å². The lowest BCUT2D eigenvalue weighted by molar-refractivity contribution is -0.143. The molecular weight excluding hydrogens is 492 g/mol. The average molecular weight is 521 g/mol. The molecule has 2 aromatic rings. The molecule has 3 amide bonds. The first-order valence-electron chi connectivity index (χ1n) is 12.5. The molecule has 2 atom stereocenters. The molecule has 198 valence electrons. The molecule has 12 heteroatoms. The van der Waals surface area contributed by atoms with Gasteiger partial charge in [0.05, 0.1) is 18.9 Å². The number of rotatable bonds is 7. The highest BCUT2D eigenvalue weighted by Crippen LogP contribution is 2.32. The van der Waals surface area contributed by atoms with Crippen LogP contribution in [-0.2, 0) is 27.2 Å². The van der Waals surface area contributed by atoms with Crippen molar-refractivity contribution >= 4 is 29.9 Å². The molecule has 0 bridgehead atoms. The van der Waals surface area contributed by atoms with Crippen molar-refractivity contribution < 1.29 is 28.6 Å². The maximum Gasteiger partial charge on any atom is 0.328 e. The van der Waals surface area contributed by atoms with Crippen LogP contribution in [0.1, 0.15) is 46.4 Å². The van der Waals surface area contributed by atoms with Crippen LogP contribution in [0.2, 0.25) is 0 Å². The number of pyridine rings is 2. The second-order valence-corrected chi connectivity index (χ2v) is 9.37. The Labute approximate surface area is 219 Å². The molecule has 2 aromatic heterocycles. The monoisotopic (exact) mass is 520 g/mol. The second kappa shape index (κ2) is 11.1. The number of fused-ring (bicyclic) bond motifs is 1. The number of anilines is 2. The van der Waals surface area contributed by atoms with Gasteiger partial charge in [-0.3, -0.25) is 19.8 Å². The maximum atomic E-state index is 13.3. The van der Waals surface area contributed by atoms with Gasteiger partial charge in [-0.2, -0.15) is 5.26 Å². The molecule has 3 aliphatic rings.